The van der Waals surface area contributed by atoms with E-state index in [0.717, 1.165) is 5.76 Å². The SMILES string of the molecule is CSC(SC)(SC)c1cc(-c2c(Cl)cccc2Cl)no1. The standard InChI is InChI=1S/C13H13Cl2NOS3/c1-18-13(19-2,20-3)11-7-10(16-17-11)12-8(14)5-4-6-9(12)15/h4-7H,1-3H3. The zero-order valence-corrected chi connectivity index (χ0v) is 15.1. The molecule has 0 amide bonds. The molecule has 0 N–H and O–H groups in total. The van der Waals surface area contributed by atoms with Crippen LogP contribution in [0.15, 0.2) is 28.8 Å². The number of nitrogens with zero attached hydrogens (tertiary/aromatic N) is 1. The molecule has 0 aliphatic rings. The predicted octanol–water partition coefficient (Wildman–Crippen LogP) is 5.85. The van der Waals surface area contributed by atoms with Crippen LogP contribution in [0.25, 0.3) is 11.3 Å². The first-order chi connectivity index (χ1) is 9.57. The van der Waals surface area contributed by atoms with Crippen molar-refractivity contribution in [2.24, 2.45) is 0 Å². The normalized spacial score (nSPS) is 11.8. The van der Waals surface area contributed by atoms with Gasteiger partial charge in [0.2, 0.25) is 0 Å². The Morgan fingerprint density at radius 3 is 2.10 bits per heavy atom. The van der Waals surface area contributed by atoms with Gasteiger partial charge in [-0.25, -0.2) is 0 Å². The molecule has 0 bridgehead atoms. The van der Waals surface area contributed by atoms with E-state index in [-0.39, 0.29) is 3.41 Å². The van der Waals surface area contributed by atoms with Gasteiger partial charge in [0.15, 0.2) is 9.17 Å². The second-order valence-corrected chi connectivity index (χ2v) is 8.49. The molecule has 2 aromatic rings. The molecule has 20 heavy (non-hydrogen) atoms. The molecule has 0 saturated carbocycles. The molecule has 108 valence electrons. The maximum atomic E-state index is 6.21. The number of thioether (sulfide) groups is 3. The van der Waals surface area contributed by atoms with Crippen LogP contribution in [0.1, 0.15) is 5.76 Å². The van der Waals surface area contributed by atoms with Crippen molar-refractivity contribution in [3.8, 4) is 11.3 Å². The zero-order chi connectivity index (χ0) is 14.8. The first kappa shape index (κ1) is 16.4. The van der Waals surface area contributed by atoms with Gasteiger partial charge in [0.05, 0.1) is 10.0 Å². The van der Waals surface area contributed by atoms with Crippen LogP contribution < -0.4 is 0 Å². The van der Waals surface area contributed by atoms with Gasteiger partial charge in [-0.3, -0.25) is 0 Å². The molecule has 0 fully saturated rings. The van der Waals surface area contributed by atoms with E-state index in [2.05, 4.69) is 23.9 Å². The van der Waals surface area contributed by atoms with Gasteiger partial charge in [-0.2, -0.15) is 0 Å². The van der Waals surface area contributed by atoms with Crippen molar-refractivity contribution in [3.63, 3.8) is 0 Å². The quantitative estimate of drug-likeness (QED) is 0.619. The number of hydrogen-bond acceptors (Lipinski definition) is 5. The van der Waals surface area contributed by atoms with Crippen LogP contribution in [0.4, 0.5) is 0 Å². The van der Waals surface area contributed by atoms with Crippen LogP contribution in [0, 0.1) is 0 Å². The summed E-state index contributed by atoms with van der Waals surface area (Å²) in [5, 5.41) is 5.27. The number of rotatable bonds is 5. The summed E-state index contributed by atoms with van der Waals surface area (Å²) in [6.45, 7) is 0. The lowest BCUT2D eigenvalue weighted by molar-refractivity contribution is 0.392. The molecule has 0 aliphatic heterocycles. The van der Waals surface area contributed by atoms with Crippen molar-refractivity contribution in [2.45, 2.75) is 3.41 Å². The Labute approximate surface area is 141 Å². The van der Waals surface area contributed by atoms with E-state index in [4.69, 9.17) is 27.7 Å². The number of hydrogen-bond donors (Lipinski definition) is 0. The third kappa shape index (κ3) is 2.97. The van der Waals surface area contributed by atoms with Gasteiger partial charge in [0.25, 0.3) is 0 Å². The highest BCUT2D eigenvalue weighted by Gasteiger charge is 2.34. The molecular formula is C13H13Cl2NOS3. The molecule has 0 atom stereocenters. The molecular weight excluding hydrogens is 353 g/mol. The van der Waals surface area contributed by atoms with E-state index in [0.29, 0.717) is 21.3 Å². The monoisotopic (exact) mass is 365 g/mol. The minimum atomic E-state index is -0.209. The molecule has 1 heterocycles. The second kappa shape index (κ2) is 6.88. The van der Waals surface area contributed by atoms with Crippen molar-refractivity contribution >= 4 is 58.5 Å². The van der Waals surface area contributed by atoms with Gasteiger partial charge in [-0.15, -0.1) is 35.3 Å². The lowest BCUT2D eigenvalue weighted by Crippen LogP contribution is -2.09. The van der Waals surface area contributed by atoms with Crippen LogP contribution in [-0.2, 0) is 3.41 Å². The molecule has 0 saturated heterocycles. The minimum Gasteiger partial charge on any atom is -0.357 e. The van der Waals surface area contributed by atoms with Crippen LogP contribution in [0.2, 0.25) is 10.0 Å². The molecule has 0 spiro atoms. The summed E-state index contributed by atoms with van der Waals surface area (Å²) < 4.78 is 5.33. The summed E-state index contributed by atoms with van der Waals surface area (Å²) in [6.07, 6.45) is 6.16. The maximum absolute atomic E-state index is 6.21. The van der Waals surface area contributed by atoms with Crippen LogP contribution in [0.3, 0.4) is 0 Å². The Kier molecular flexibility index (Phi) is 5.65. The average Bonchev–Trinajstić information content (AvgIpc) is 2.91. The Hall–Kier alpha value is 0.0600. The van der Waals surface area contributed by atoms with E-state index in [1.165, 1.54) is 0 Å². The Balaban J connectivity index is 2.48. The summed E-state index contributed by atoms with van der Waals surface area (Å²) in [5.41, 5.74) is 1.38. The highest BCUT2D eigenvalue weighted by atomic mass is 35.5. The third-order valence-corrected chi connectivity index (χ3v) is 8.68. The van der Waals surface area contributed by atoms with Crippen molar-refractivity contribution in [1.29, 1.82) is 0 Å². The van der Waals surface area contributed by atoms with Gasteiger partial charge < -0.3 is 4.52 Å². The molecule has 0 unspecified atom stereocenters. The van der Waals surface area contributed by atoms with Gasteiger partial charge in [0, 0.05) is 11.6 Å². The second-order valence-electron chi connectivity index (χ2n) is 3.84. The summed E-state index contributed by atoms with van der Waals surface area (Å²) in [7, 11) is 0. The molecule has 1 aromatic carbocycles. The van der Waals surface area contributed by atoms with Gasteiger partial charge in [0.1, 0.15) is 5.69 Å². The fourth-order valence-electron chi connectivity index (χ4n) is 1.83. The third-order valence-electron chi connectivity index (χ3n) is 2.84. The molecule has 0 aliphatic carbocycles. The van der Waals surface area contributed by atoms with Crippen molar-refractivity contribution in [2.75, 3.05) is 18.8 Å². The van der Waals surface area contributed by atoms with Gasteiger partial charge in [-0.05, 0) is 30.9 Å². The highest BCUT2D eigenvalue weighted by molar-refractivity contribution is 8.32. The van der Waals surface area contributed by atoms with Crippen molar-refractivity contribution in [1.82, 2.24) is 5.16 Å². The minimum absolute atomic E-state index is 0.209. The van der Waals surface area contributed by atoms with Crippen LogP contribution in [0.5, 0.6) is 0 Å². The molecule has 7 heteroatoms. The smallest absolute Gasteiger partial charge is 0.173 e. The van der Waals surface area contributed by atoms with E-state index in [1.807, 2.05) is 12.1 Å². The Bertz CT molecular complexity index is 571. The fourth-order valence-corrected chi connectivity index (χ4v) is 5.31. The van der Waals surface area contributed by atoms with Crippen LogP contribution in [-0.4, -0.2) is 23.9 Å². The van der Waals surface area contributed by atoms with E-state index in [9.17, 15) is 0 Å². The maximum Gasteiger partial charge on any atom is 0.173 e. The van der Waals surface area contributed by atoms with Gasteiger partial charge in [-0.1, -0.05) is 34.4 Å². The van der Waals surface area contributed by atoms with Crippen LogP contribution >= 0.6 is 58.5 Å². The highest BCUT2D eigenvalue weighted by Crippen LogP contribution is 2.52. The summed E-state index contributed by atoms with van der Waals surface area (Å²) in [6, 6.07) is 7.31. The number of aromatic nitrogens is 1. The Morgan fingerprint density at radius 1 is 1.05 bits per heavy atom. The lowest BCUT2D eigenvalue weighted by atomic mass is 10.1. The first-order valence-electron chi connectivity index (χ1n) is 5.65. The average molecular weight is 366 g/mol. The lowest BCUT2D eigenvalue weighted by Gasteiger charge is -2.24. The summed E-state index contributed by atoms with van der Waals surface area (Å²) in [4.78, 5) is 0. The molecule has 0 radical (unpaired) electrons. The molecule has 2 nitrogen and oxygen atoms in total. The summed E-state index contributed by atoms with van der Waals surface area (Å²) in [5.74, 6) is 0.802. The summed E-state index contributed by atoms with van der Waals surface area (Å²) >= 11 is 17.6. The number of benzene rings is 1. The van der Waals surface area contributed by atoms with Crippen molar-refractivity contribution < 1.29 is 4.52 Å². The fraction of sp³-hybridized carbons (Fsp3) is 0.308. The first-order valence-corrected chi connectivity index (χ1v) is 10.1. The number of halogens is 2. The molecule has 2 rings (SSSR count). The van der Waals surface area contributed by atoms with Gasteiger partial charge >= 0.3 is 0 Å². The van der Waals surface area contributed by atoms with E-state index in [1.54, 1.807) is 47.4 Å². The topological polar surface area (TPSA) is 26.0 Å². The Morgan fingerprint density at radius 2 is 1.60 bits per heavy atom. The molecule has 1 aromatic heterocycles. The predicted molar refractivity (Wildman–Crippen MR) is 94.2 cm³/mol. The zero-order valence-electron chi connectivity index (χ0n) is 11.1. The van der Waals surface area contributed by atoms with E-state index >= 15 is 0 Å². The van der Waals surface area contributed by atoms with Crippen molar-refractivity contribution in [3.05, 3.63) is 40.1 Å². The largest absolute Gasteiger partial charge is 0.357 e. The van der Waals surface area contributed by atoms with E-state index < -0.39 is 0 Å².